The number of halogens is 1. The molecule has 1 unspecified atom stereocenters. The first kappa shape index (κ1) is 13.6. The summed E-state index contributed by atoms with van der Waals surface area (Å²) >= 11 is 7.65. The van der Waals surface area contributed by atoms with E-state index in [1.807, 2.05) is 13.0 Å². The van der Waals surface area contributed by atoms with Crippen LogP contribution in [0.25, 0.3) is 0 Å². The third kappa shape index (κ3) is 3.81. The Morgan fingerprint density at radius 1 is 1.56 bits per heavy atom. The zero-order valence-corrected chi connectivity index (χ0v) is 10.9. The fourth-order valence-corrected chi connectivity index (χ4v) is 2.73. The Kier molecular flexibility index (Phi) is 5.32. The van der Waals surface area contributed by atoms with E-state index in [-0.39, 0.29) is 12.4 Å². The molecule has 0 aliphatic rings. The van der Waals surface area contributed by atoms with Gasteiger partial charge in [-0.25, -0.2) is 0 Å². The average molecular weight is 259 g/mol. The molecule has 1 N–H and O–H groups in total. The monoisotopic (exact) mass is 258 g/mol. The van der Waals surface area contributed by atoms with Gasteiger partial charge in [0.15, 0.2) is 5.78 Å². The van der Waals surface area contributed by atoms with Gasteiger partial charge in [-0.2, -0.15) is 0 Å². The first-order chi connectivity index (χ1) is 7.54. The van der Waals surface area contributed by atoms with Crippen molar-refractivity contribution in [3.63, 3.8) is 0 Å². The van der Waals surface area contributed by atoms with E-state index < -0.39 is 0 Å². The second kappa shape index (κ2) is 6.28. The van der Waals surface area contributed by atoms with Crippen LogP contribution in [0.5, 0.6) is 0 Å². The van der Waals surface area contributed by atoms with Gasteiger partial charge in [0.05, 0.1) is 5.02 Å². The molecule has 0 aromatic heterocycles. The maximum absolute atomic E-state index is 11.2. The molecule has 0 fully saturated rings. The lowest BCUT2D eigenvalue weighted by Gasteiger charge is -2.10. The number of ketones is 1. The normalized spacial score (nSPS) is 12.5. The van der Waals surface area contributed by atoms with Gasteiger partial charge in [-0.05, 0) is 31.5 Å². The minimum Gasteiger partial charge on any atom is -0.396 e. The zero-order chi connectivity index (χ0) is 12.1. The van der Waals surface area contributed by atoms with Gasteiger partial charge >= 0.3 is 0 Å². The van der Waals surface area contributed by atoms with E-state index in [2.05, 4.69) is 0 Å². The van der Waals surface area contributed by atoms with Crippen molar-refractivity contribution < 1.29 is 9.90 Å². The zero-order valence-electron chi connectivity index (χ0n) is 9.37. The van der Waals surface area contributed by atoms with E-state index in [0.717, 1.165) is 11.3 Å². The average Bonchev–Trinajstić information content (AvgIpc) is 2.17. The summed E-state index contributed by atoms with van der Waals surface area (Å²) in [5.74, 6) is -0.0232. The second-order valence-corrected chi connectivity index (χ2v) is 5.56. The second-order valence-electron chi connectivity index (χ2n) is 3.64. The summed E-state index contributed by atoms with van der Waals surface area (Å²) in [4.78, 5) is 12.2. The predicted molar refractivity (Wildman–Crippen MR) is 68.5 cm³/mol. The van der Waals surface area contributed by atoms with Gasteiger partial charge in [-0.15, -0.1) is 11.8 Å². The number of carbonyl (C=O) groups excluding carboxylic acids is 1. The summed E-state index contributed by atoms with van der Waals surface area (Å²) in [6.45, 7) is 3.74. The van der Waals surface area contributed by atoms with Crippen LogP contribution in [0, 0.1) is 0 Å². The summed E-state index contributed by atoms with van der Waals surface area (Å²) in [5, 5.41) is 9.63. The van der Waals surface area contributed by atoms with Crippen LogP contribution in [-0.4, -0.2) is 22.7 Å². The molecular weight excluding hydrogens is 244 g/mol. The van der Waals surface area contributed by atoms with E-state index in [1.54, 1.807) is 23.9 Å². The molecule has 0 amide bonds. The molecule has 0 saturated heterocycles. The highest BCUT2D eigenvalue weighted by molar-refractivity contribution is 7.99. The molecule has 0 spiro atoms. The molecule has 16 heavy (non-hydrogen) atoms. The quantitative estimate of drug-likeness (QED) is 0.650. The van der Waals surface area contributed by atoms with Crippen molar-refractivity contribution in [2.75, 3.05) is 6.61 Å². The Balaban J connectivity index is 2.77. The van der Waals surface area contributed by atoms with Crippen molar-refractivity contribution in [3.05, 3.63) is 28.8 Å². The Bertz CT molecular complexity index is 379. The Morgan fingerprint density at radius 2 is 2.25 bits per heavy atom. The topological polar surface area (TPSA) is 37.3 Å². The van der Waals surface area contributed by atoms with Gasteiger partial charge in [0.2, 0.25) is 0 Å². The van der Waals surface area contributed by atoms with Crippen molar-refractivity contribution in [2.45, 2.75) is 30.4 Å². The summed E-state index contributed by atoms with van der Waals surface area (Å²) in [6.07, 6.45) is 0.747. The summed E-state index contributed by atoms with van der Waals surface area (Å²) in [7, 11) is 0. The molecule has 88 valence electrons. The summed E-state index contributed by atoms with van der Waals surface area (Å²) < 4.78 is 0. The van der Waals surface area contributed by atoms with Gasteiger partial charge in [0.1, 0.15) is 0 Å². The minimum atomic E-state index is -0.0232. The molecule has 0 aliphatic carbocycles. The van der Waals surface area contributed by atoms with E-state index in [4.69, 9.17) is 16.7 Å². The van der Waals surface area contributed by atoms with Crippen LogP contribution in [0.15, 0.2) is 23.1 Å². The van der Waals surface area contributed by atoms with Gasteiger partial charge in [-0.1, -0.05) is 18.5 Å². The van der Waals surface area contributed by atoms with Crippen LogP contribution < -0.4 is 0 Å². The van der Waals surface area contributed by atoms with Crippen LogP contribution in [0.1, 0.15) is 30.6 Å². The van der Waals surface area contributed by atoms with E-state index >= 15 is 0 Å². The molecule has 4 heteroatoms. The number of benzene rings is 1. The van der Waals surface area contributed by atoms with Crippen molar-refractivity contribution in [1.82, 2.24) is 0 Å². The van der Waals surface area contributed by atoms with Crippen LogP contribution >= 0.6 is 23.4 Å². The van der Waals surface area contributed by atoms with Crippen molar-refractivity contribution in [1.29, 1.82) is 0 Å². The van der Waals surface area contributed by atoms with E-state index in [1.165, 1.54) is 6.92 Å². The van der Waals surface area contributed by atoms with Crippen molar-refractivity contribution in [3.8, 4) is 0 Å². The fraction of sp³-hybridized carbons (Fsp3) is 0.417. The summed E-state index contributed by atoms with van der Waals surface area (Å²) in [6, 6.07) is 5.44. The minimum absolute atomic E-state index is 0.0232. The molecule has 1 aromatic carbocycles. The molecular formula is C12H15ClO2S. The van der Waals surface area contributed by atoms with Crippen molar-refractivity contribution >= 4 is 29.1 Å². The fourth-order valence-electron chi connectivity index (χ4n) is 1.33. The maximum atomic E-state index is 11.2. The van der Waals surface area contributed by atoms with Crippen LogP contribution in [0.2, 0.25) is 5.02 Å². The smallest absolute Gasteiger partial charge is 0.161 e. The Morgan fingerprint density at radius 3 is 2.75 bits per heavy atom. The molecule has 2 nitrogen and oxygen atoms in total. The van der Waals surface area contributed by atoms with Gasteiger partial charge in [-0.3, -0.25) is 4.79 Å². The van der Waals surface area contributed by atoms with Crippen LogP contribution in [-0.2, 0) is 0 Å². The number of rotatable bonds is 5. The van der Waals surface area contributed by atoms with Gasteiger partial charge in [0.25, 0.3) is 0 Å². The lowest BCUT2D eigenvalue weighted by atomic mass is 10.1. The largest absolute Gasteiger partial charge is 0.396 e. The van der Waals surface area contributed by atoms with Gasteiger partial charge < -0.3 is 5.11 Å². The Labute approximate surface area is 105 Å². The number of Topliss-reactive ketones (excluding diaryl/α,β-unsaturated/α-hetero) is 1. The standard InChI is InChI=1S/C12H15ClO2S/c1-8(5-6-14)16-10-3-4-11(9(2)15)12(13)7-10/h3-4,7-8,14H,5-6H2,1-2H3. The molecule has 1 aromatic rings. The van der Waals surface area contributed by atoms with E-state index in [9.17, 15) is 4.79 Å². The molecule has 0 saturated carbocycles. The molecule has 0 bridgehead atoms. The first-order valence-electron chi connectivity index (χ1n) is 5.12. The van der Waals surface area contributed by atoms with Crippen LogP contribution in [0.3, 0.4) is 0 Å². The number of hydrogen-bond donors (Lipinski definition) is 1. The SMILES string of the molecule is CC(=O)c1ccc(SC(C)CCO)cc1Cl. The van der Waals surface area contributed by atoms with Crippen molar-refractivity contribution in [2.24, 2.45) is 0 Å². The first-order valence-corrected chi connectivity index (χ1v) is 6.38. The summed E-state index contributed by atoms with van der Waals surface area (Å²) in [5.41, 5.74) is 0.556. The highest BCUT2D eigenvalue weighted by Crippen LogP contribution is 2.29. The highest BCUT2D eigenvalue weighted by Gasteiger charge is 2.08. The Hall–Kier alpha value is -0.510. The molecule has 1 rings (SSSR count). The molecule has 1 atom stereocenters. The number of hydrogen-bond acceptors (Lipinski definition) is 3. The number of aliphatic hydroxyl groups is 1. The predicted octanol–water partition coefficient (Wildman–Crippen LogP) is 3.41. The maximum Gasteiger partial charge on any atom is 0.161 e. The highest BCUT2D eigenvalue weighted by atomic mass is 35.5. The lowest BCUT2D eigenvalue weighted by Crippen LogP contribution is -1.99. The molecule has 0 heterocycles. The lowest BCUT2D eigenvalue weighted by molar-refractivity contribution is 0.101. The third-order valence-corrected chi connectivity index (χ3v) is 3.67. The molecule has 0 radical (unpaired) electrons. The van der Waals surface area contributed by atoms with Gasteiger partial charge in [0, 0.05) is 22.3 Å². The molecule has 0 aliphatic heterocycles. The number of thioether (sulfide) groups is 1. The number of aliphatic hydroxyl groups excluding tert-OH is 1. The third-order valence-electron chi connectivity index (χ3n) is 2.19. The van der Waals surface area contributed by atoms with Crippen LogP contribution in [0.4, 0.5) is 0 Å². The van der Waals surface area contributed by atoms with E-state index in [0.29, 0.717) is 15.8 Å². The number of carbonyl (C=O) groups is 1.